The number of aromatic nitrogens is 1. The summed E-state index contributed by atoms with van der Waals surface area (Å²) in [4.78, 5) is 0. The van der Waals surface area contributed by atoms with E-state index in [2.05, 4.69) is 150 Å². The molecule has 216 valence electrons. The Labute approximate surface area is 266 Å². The molecular formula is C44H29NO. The standard InChI is InChI=1S/C44H29NO/c1-3-19-39-31(12-1)37-24-27(30-14-8-18-36-32-13-2-4-20-41(32)46-44(30)36)21-22-40(37)45(39)29-23-28-11-7-16-34-33-15-5-9-26-10-6-17-35(42(26)33)38(25-29)43(28)34/h1-17,19-25,32,36,41H,18H2. The predicted molar refractivity (Wildman–Crippen MR) is 193 cm³/mol. The number of rotatable bonds is 2. The molecule has 0 radical (unpaired) electrons. The SMILES string of the molecule is C1=CC2OC3=C(c4ccc5c(c4)c4ccccc4n5-c4cc5cccc6c7cccc8cccc(c(c4)c56)c87)C=CCC3C2C=C1. The number of allylic oxidation sites excluding steroid dienone is 6. The molecule has 2 aliphatic carbocycles. The van der Waals surface area contributed by atoms with Gasteiger partial charge in [0.2, 0.25) is 0 Å². The van der Waals surface area contributed by atoms with E-state index in [9.17, 15) is 0 Å². The molecule has 8 aromatic rings. The third-order valence-electron chi connectivity index (χ3n) is 10.8. The summed E-state index contributed by atoms with van der Waals surface area (Å²) in [5.74, 6) is 1.96. The van der Waals surface area contributed by atoms with Gasteiger partial charge in [-0.1, -0.05) is 109 Å². The van der Waals surface area contributed by atoms with Gasteiger partial charge in [0.25, 0.3) is 0 Å². The van der Waals surface area contributed by atoms with Crippen LogP contribution in [0.4, 0.5) is 0 Å². The van der Waals surface area contributed by atoms with E-state index in [0.29, 0.717) is 11.8 Å². The third kappa shape index (κ3) is 3.21. The van der Waals surface area contributed by atoms with Gasteiger partial charge in [-0.15, -0.1) is 0 Å². The van der Waals surface area contributed by atoms with Crippen LogP contribution in [-0.4, -0.2) is 10.7 Å². The van der Waals surface area contributed by atoms with Crippen molar-refractivity contribution in [1.82, 2.24) is 4.57 Å². The Balaban J connectivity index is 1.17. The Morgan fingerprint density at radius 1 is 0.587 bits per heavy atom. The van der Waals surface area contributed by atoms with Crippen LogP contribution in [-0.2, 0) is 4.74 Å². The minimum absolute atomic E-state index is 0.137. The van der Waals surface area contributed by atoms with Gasteiger partial charge in [-0.2, -0.15) is 0 Å². The molecule has 0 spiro atoms. The first-order valence-electron chi connectivity index (χ1n) is 16.4. The number of hydrogen-bond donors (Lipinski definition) is 0. The van der Waals surface area contributed by atoms with Crippen LogP contribution in [0.1, 0.15) is 12.0 Å². The summed E-state index contributed by atoms with van der Waals surface area (Å²) in [7, 11) is 0. The van der Waals surface area contributed by atoms with Crippen molar-refractivity contribution >= 4 is 70.5 Å². The number of hydrogen-bond acceptors (Lipinski definition) is 1. The molecule has 0 saturated carbocycles. The Morgan fingerprint density at radius 3 is 2.17 bits per heavy atom. The quantitative estimate of drug-likeness (QED) is 0.145. The van der Waals surface area contributed by atoms with Crippen molar-refractivity contribution < 1.29 is 4.74 Å². The average molecular weight is 588 g/mol. The van der Waals surface area contributed by atoms with Gasteiger partial charge in [0, 0.05) is 33.9 Å². The fraction of sp³-hybridized carbons (Fsp3) is 0.0909. The summed E-state index contributed by atoms with van der Waals surface area (Å²) in [6, 6.07) is 40.9. The van der Waals surface area contributed by atoms with Crippen LogP contribution in [0.25, 0.3) is 76.2 Å². The lowest BCUT2D eigenvalue weighted by Crippen LogP contribution is -2.18. The van der Waals surface area contributed by atoms with E-state index in [0.717, 1.165) is 12.2 Å². The van der Waals surface area contributed by atoms with Crippen LogP contribution in [0, 0.1) is 11.8 Å². The summed E-state index contributed by atoms with van der Waals surface area (Å²) >= 11 is 0. The molecule has 1 aliphatic heterocycles. The van der Waals surface area contributed by atoms with Crippen LogP contribution in [0.3, 0.4) is 0 Å². The minimum Gasteiger partial charge on any atom is -0.489 e. The van der Waals surface area contributed by atoms with Crippen molar-refractivity contribution in [2.75, 3.05) is 0 Å². The van der Waals surface area contributed by atoms with Gasteiger partial charge in [0.05, 0.1) is 11.0 Å². The number of fused-ring (bicyclic) bond motifs is 8. The summed E-state index contributed by atoms with van der Waals surface area (Å²) in [5, 5.41) is 13.1. The molecule has 3 atom stereocenters. The van der Waals surface area contributed by atoms with Crippen molar-refractivity contribution in [3.63, 3.8) is 0 Å². The lowest BCUT2D eigenvalue weighted by Gasteiger charge is -2.20. The molecule has 1 fully saturated rings. The van der Waals surface area contributed by atoms with E-state index in [1.165, 1.54) is 81.7 Å². The molecular weight excluding hydrogens is 558 g/mol. The largest absolute Gasteiger partial charge is 0.489 e. The maximum absolute atomic E-state index is 6.63. The average Bonchev–Trinajstić information content (AvgIpc) is 3.66. The molecule has 0 N–H and O–H groups in total. The van der Waals surface area contributed by atoms with Gasteiger partial charge >= 0.3 is 0 Å². The van der Waals surface area contributed by atoms with Gasteiger partial charge < -0.3 is 9.30 Å². The van der Waals surface area contributed by atoms with Crippen molar-refractivity contribution in [3.8, 4) is 5.69 Å². The number of ether oxygens (including phenoxy) is 1. The topological polar surface area (TPSA) is 14.2 Å². The molecule has 1 aromatic heterocycles. The molecule has 0 amide bonds. The zero-order chi connectivity index (χ0) is 29.9. The molecule has 1 saturated heterocycles. The van der Waals surface area contributed by atoms with E-state index < -0.39 is 0 Å². The Morgan fingerprint density at radius 2 is 1.30 bits per heavy atom. The summed E-state index contributed by atoms with van der Waals surface area (Å²) in [5.41, 5.74) is 6.08. The number of para-hydroxylation sites is 1. The van der Waals surface area contributed by atoms with Gasteiger partial charge in [-0.05, 0) is 91.5 Å². The molecule has 11 rings (SSSR count). The zero-order valence-corrected chi connectivity index (χ0v) is 25.2. The monoisotopic (exact) mass is 587 g/mol. The normalized spacial score (nSPS) is 20.6. The van der Waals surface area contributed by atoms with Crippen LogP contribution in [0.5, 0.6) is 0 Å². The second-order valence-electron chi connectivity index (χ2n) is 13.1. The lowest BCUT2D eigenvalue weighted by molar-refractivity contribution is 0.186. The molecule has 0 bridgehead atoms. The van der Waals surface area contributed by atoms with E-state index in [4.69, 9.17) is 4.74 Å². The summed E-state index contributed by atoms with van der Waals surface area (Å²) < 4.78 is 9.09. The minimum atomic E-state index is 0.137. The molecule has 2 heterocycles. The first kappa shape index (κ1) is 24.7. The van der Waals surface area contributed by atoms with E-state index in [1.807, 2.05) is 0 Å². The molecule has 7 aromatic carbocycles. The number of nitrogens with zero attached hydrogens (tertiary/aromatic N) is 1. The number of benzene rings is 7. The van der Waals surface area contributed by atoms with Crippen LogP contribution < -0.4 is 0 Å². The zero-order valence-electron chi connectivity index (χ0n) is 25.2. The fourth-order valence-electron chi connectivity index (χ4n) is 8.86. The van der Waals surface area contributed by atoms with Crippen molar-refractivity contribution in [2.45, 2.75) is 12.5 Å². The predicted octanol–water partition coefficient (Wildman–Crippen LogP) is 11.3. The first-order valence-corrected chi connectivity index (χ1v) is 16.4. The Bertz CT molecular complexity index is 2710. The van der Waals surface area contributed by atoms with Crippen molar-refractivity contribution in [3.05, 3.63) is 157 Å². The highest BCUT2D eigenvalue weighted by molar-refractivity contribution is 6.33. The molecule has 3 unspecified atom stereocenters. The van der Waals surface area contributed by atoms with Crippen molar-refractivity contribution in [2.24, 2.45) is 11.8 Å². The smallest absolute Gasteiger partial charge is 0.124 e. The summed E-state index contributed by atoms with van der Waals surface area (Å²) in [6.07, 6.45) is 14.6. The van der Waals surface area contributed by atoms with Gasteiger partial charge in [-0.25, -0.2) is 0 Å². The molecule has 2 heteroatoms. The summed E-state index contributed by atoms with van der Waals surface area (Å²) in [6.45, 7) is 0. The second kappa shape index (κ2) is 8.99. The highest BCUT2D eigenvalue weighted by atomic mass is 16.5. The second-order valence-corrected chi connectivity index (χ2v) is 13.1. The van der Waals surface area contributed by atoms with Crippen LogP contribution in [0.2, 0.25) is 0 Å². The van der Waals surface area contributed by atoms with Gasteiger partial charge in [0.15, 0.2) is 0 Å². The maximum atomic E-state index is 6.63. The Hall–Kier alpha value is -5.60. The van der Waals surface area contributed by atoms with Crippen LogP contribution >= 0.6 is 0 Å². The van der Waals surface area contributed by atoms with Crippen LogP contribution in [0.15, 0.2) is 151 Å². The fourth-order valence-corrected chi connectivity index (χ4v) is 8.86. The maximum Gasteiger partial charge on any atom is 0.124 e. The third-order valence-corrected chi connectivity index (χ3v) is 10.8. The molecule has 46 heavy (non-hydrogen) atoms. The highest BCUT2D eigenvalue weighted by Crippen LogP contribution is 2.48. The Kier molecular flexibility index (Phi) is 4.82. The first-order chi connectivity index (χ1) is 22.8. The van der Waals surface area contributed by atoms with Gasteiger partial charge in [-0.3, -0.25) is 0 Å². The highest BCUT2D eigenvalue weighted by Gasteiger charge is 2.41. The lowest BCUT2D eigenvalue weighted by atomic mass is 9.80. The van der Waals surface area contributed by atoms with Crippen molar-refractivity contribution in [1.29, 1.82) is 0 Å². The molecule has 2 nitrogen and oxygen atoms in total. The van der Waals surface area contributed by atoms with E-state index in [-0.39, 0.29) is 6.10 Å². The molecule has 3 aliphatic rings. The van der Waals surface area contributed by atoms with E-state index in [1.54, 1.807) is 0 Å². The van der Waals surface area contributed by atoms with E-state index >= 15 is 0 Å². The van der Waals surface area contributed by atoms with Gasteiger partial charge in [0.1, 0.15) is 11.9 Å².